The molecule has 0 unspecified atom stereocenters. The van der Waals surface area contributed by atoms with Crippen LogP contribution in [0.4, 0.5) is 0 Å². The van der Waals surface area contributed by atoms with Gasteiger partial charge in [0.2, 0.25) is 0 Å². The number of hydrogen-bond donors (Lipinski definition) is 2. The average molecular weight is 204 g/mol. The molecule has 0 radical (unpaired) electrons. The van der Waals surface area contributed by atoms with Crippen LogP contribution in [0.3, 0.4) is 0 Å². The third kappa shape index (κ3) is 2.58. The molecule has 0 bridgehead atoms. The molecular formula is C13H20N2. The minimum absolute atomic E-state index is 0.760. The van der Waals surface area contributed by atoms with Crippen LogP contribution in [-0.2, 0) is 6.54 Å². The van der Waals surface area contributed by atoms with Crippen LogP contribution in [0.2, 0.25) is 0 Å². The lowest BCUT2D eigenvalue weighted by molar-refractivity contribution is 0.457. The molecule has 0 spiro atoms. The van der Waals surface area contributed by atoms with Crippen molar-refractivity contribution < 1.29 is 0 Å². The van der Waals surface area contributed by atoms with Gasteiger partial charge in [-0.25, -0.2) is 0 Å². The number of nitrogens with one attached hydrogen (secondary N) is 2. The van der Waals surface area contributed by atoms with Crippen molar-refractivity contribution in [2.75, 3.05) is 20.1 Å². The van der Waals surface area contributed by atoms with E-state index >= 15 is 0 Å². The molecule has 1 aromatic rings. The smallest absolute Gasteiger partial charge is 0.0205 e. The van der Waals surface area contributed by atoms with Crippen molar-refractivity contribution in [1.82, 2.24) is 10.6 Å². The highest BCUT2D eigenvalue weighted by molar-refractivity contribution is 5.30. The normalized spacial score (nSPS) is 17.9. The molecule has 82 valence electrons. The van der Waals surface area contributed by atoms with Gasteiger partial charge in [-0.1, -0.05) is 24.3 Å². The third-order valence-electron chi connectivity index (χ3n) is 3.20. The van der Waals surface area contributed by atoms with Gasteiger partial charge in [-0.3, -0.25) is 0 Å². The number of rotatable bonds is 3. The van der Waals surface area contributed by atoms with Gasteiger partial charge in [-0.15, -0.1) is 0 Å². The number of benzene rings is 1. The second kappa shape index (κ2) is 5.29. The van der Waals surface area contributed by atoms with E-state index in [1.54, 1.807) is 5.56 Å². The Hall–Kier alpha value is -0.860. The summed E-state index contributed by atoms with van der Waals surface area (Å²) in [5.74, 6) is 0.760. The Balaban J connectivity index is 2.17. The summed E-state index contributed by atoms with van der Waals surface area (Å²) in [6, 6.07) is 8.84. The van der Waals surface area contributed by atoms with E-state index in [2.05, 4.69) is 34.9 Å². The Bertz CT molecular complexity index is 303. The highest BCUT2D eigenvalue weighted by atomic mass is 14.9. The van der Waals surface area contributed by atoms with Gasteiger partial charge in [0.15, 0.2) is 0 Å². The first-order valence-electron chi connectivity index (χ1n) is 5.85. The lowest BCUT2D eigenvalue weighted by Gasteiger charge is -2.25. The van der Waals surface area contributed by atoms with Gasteiger partial charge >= 0.3 is 0 Å². The van der Waals surface area contributed by atoms with E-state index in [1.165, 1.54) is 31.5 Å². The largest absolute Gasteiger partial charge is 0.317 e. The van der Waals surface area contributed by atoms with Gasteiger partial charge in [-0.05, 0) is 50.0 Å². The summed E-state index contributed by atoms with van der Waals surface area (Å²) in [4.78, 5) is 0. The van der Waals surface area contributed by atoms with E-state index < -0.39 is 0 Å². The Labute approximate surface area is 92.1 Å². The maximum atomic E-state index is 3.42. The molecule has 1 fully saturated rings. The summed E-state index contributed by atoms with van der Waals surface area (Å²) >= 11 is 0. The minimum Gasteiger partial charge on any atom is -0.317 e. The van der Waals surface area contributed by atoms with Crippen molar-refractivity contribution in [3.05, 3.63) is 35.4 Å². The van der Waals surface area contributed by atoms with Gasteiger partial charge in [0.1, 0.15) is 0 Å². The molecular weight excluding hydrogens is 184 g/mol. The van der Waals surface area contributed by atoms with Gasteiger partial charge in [0.25, 0.3) is 0 Å². The predicted octanol–water partition coefficient (Wildman–Crippen LogP) is 1.87. The molecule has 1 saturated heterocycles. The van der Waals surface area contributed by atoms with E-state index in [-0.39, 0.29) is 0 Å². The fourth-order valence-electron chi connectivity index (χ4n) is 2.42. The van der Waals surface area contributed by atoms with Crippen molar-refractivity contribution in [1.29, 1.82) is 0 Å². The van der Waals surface area contributed by atoms with Crippen LogP contribution in [0.5, 0.6) is 0 Å². The van der Waals surface area contributed by atoms with Crippen LogP contribution in [0.25, 0.3) is 0 Å². The molecule has 2 N–H and O–H groups in total. The summed E-state index contributed by atoms with van der Waals surface area (Å²) in [5.41, 5.74) is 3.01. The first-order chi connectivity index (χ1) is 7.42. The van der Waals surface area contributed by atoms with Crippen LogP contribution < -0.4 is 10.6 Å². The third-order valence-corrected chi connectivity index (χ3v) is 3.20. The quantitative estimate of drug-likeness (QED) is 0.785. The first kappa shape index (κ1) is 10.7. The monoisotopic (exact) mass is 204 g/mol. The molecule has 15 heavy (non-hydrogen) atoms. The van der Waals surface area contributed by atoms with Crippen LogP contribution >= 0.6 is 0 Å². The van der Waals surface area contributed by atoms with E-state index in [1.807, 2.05) is 7.05 Å². The highest BCUT2D eigenvalue weighted by Gasteiger charge is 2.17. The molecule has 0 aromatic heterocycles. The SMILES string of the molecule is CNCc1ccccc1C1CCNCC1. The molecule has 1 aliphatic heterocycles. The first-order valence-corrected chi connectivity index (χ1v) is 5.85. The minimum atomic E-state index is 0.760. The lowest BCUT2D eigenvalue weighted by atomic mass is 9.87. The second-order valence-electron chi connectivity index (χ2n) is 4.25. The number of hydrogen-bond acceptors (Lipinski definition) is 2. The Morgan fingerprint density at radius 3 is 2.73 bits per heavy atom. The molecule has 1 aromatic carbocycles. The zero-order chi connectivity index (χ0) is 10.5. The average Bonchev–Trinajstić information content (AvgIpc) is 2.31. The Morgan fingerprint density at radius 1 is 1.27 bits per heavy atom. The zero-order valence-electron chi connectivity index (χ0n) is 9.42. The molecule has 0 aliphatic carbocycles. The second-order valence-corrected chi connectivity index (χ2v) is 4.25. The predicted molar refractivity (Wildman–Crippen MR) is 64.1 cm³/mol. The van der Waals surface area contributed by atoms with E-state index in [4.69, 9.17) is 0 Å². The Kier molecular flexibility index (Phi) is 3.75. The van der Waals surface area contributed by atoms with E-state index in [0.29, 0.717) is 0 Å². The zero-order valence-corrected chi connectivity index (χ0v) is 9.42. The molecule has 0 atom stereocenters. The standard InChI is InChI=1S/C13H20N2/c1-14-10-12-4-2-3-5-13(12)11-6-8-15-9-7-11/h2-5,11,14-15H,6-10H2,1H3. The van der Waals surface area contributed by atoms with Gasteiger partial charge in [-0.2, -0.15) is 0 Å². The van der Waals surface area contributed by atoms with Crippen molar-refractivity contribution >= 4 is 0 Å². The highest BCUT2D eigenvalue weighted by Crippen LogP contribution is 2.27. The molecule has 0 saturated carbocycles. The van der Waals surface area contributed by atoms with E-state index in [9.17, 15) is 0 Å². The van der Waals surface area contributed by atoms with Crippen LogP contribution in [0.15, 0.2) is 24.3 Å². The lowest BCUT2D eigenvalue weighted by Crippen LogP contribution is -2.27. The van der Waals surface area contributed by atoms with Crippen molar-refractivity contribution in [3.8, 4) is 0 Å². The van der Waals surface area contributed by atoms with Crippen LogP contribution in [0, 0.1) is 0 Å². The molecule has 2 heteroatoms. The molecule has 1 heterocycles. The molecule has 0 amide bonds. The molecule has 2 nitrogen and oxygen atoms in total. The Morgan fingerprint density at radius 2 is 2.00 bits per heavy atom. The topological polar surface area (TPSA) is 24.1 Å². The van der Waals surface area contributed by atoms with Gasteiger partial charge in [0, 0.05) is 6.54 Å². The summed E-state index contributed by atoms with van der Waals surface area (Å²) in [6.45, 7) is 3.32. The van der Waals surface area contributed by atoms with Crippen molar-refractivity contribution in [3.63, 3.8) is 0 Å². The summed E-state index contributed by atoms with van der Waals surface area (Å²) in [7, 11) is 2.01. The van der Waals surface area contributed by atoms with Crippen molar-refractivity contribution in [2.24, 2.45) is 0 Å². The molecule has 2 rings (SSSR count). The van der Waals surface area contributed by atoms with Crippen molar-refractivity contribution in [2.45, 2.75) is 25.3 Å². The fraction of sp³-hybridized carbons (Fsp3) is 0.538. The fourth-order valence-corrected chi connectivity index (χ4v) is 2.42. The molecule has 1 aliphatic rings. The van der Waals surface area contributed by atoms with Gasteiger partial charge < -0.3 is 10.6 Å². The number of piperidine rings is 1. The summed E-state index contributed by atoms with van der Waals surface area (Å²) < 4.78 is 0. The van der Waals surface area contributed by atoms with Crippen LogP contribution in [0.1, 0.15) is 29.9 Å². The summed E-state index contributed by atoms with van der Waals surface area (Å²) in [5, 5.41) is 6.67. The van der Waals surface area contributed by atoms with Gasteiger partial charge in [0.05, 0.1) is 0 Å². The van der Waals surface area contributed by atoms with Crippen LogP contribution in [-0.4, -0.2) is 20.1 Å². The van der Waals surface area contributed by atoms with E-state index in [0.717, 1.165) is 12.5 Å². The maximum Gasteiger partial charge on any atom is 0.0205 e. The maximum absolute atomic E-state index is 3.42. The summed E-state index contributed by atoms with van der Waals surface area (Å²) in [6.07, 6.45) is 2.56.